The van der Waals surface area contributed by atoms with E-state index in [0.717, 1.165) is 30.1 Å². The summed E-state index contributed by atoms with van der Waals surface area (Å²) in [6.45, 7) is 2.34. The van der Waals surface area contributed by atoms with Crippen molar-refractivity contribution in [2.24, 2.45) is 0 Å². The molecule has 0 saturated carbocycles. The maximum Gasteiger partial charge on any atom is 0.250 e. The van der Waals surface area contributed by atoms with Crippen molar-refractivity contribution < 1.29 is 13.2 Å². The number of amides is 1. The number of hydrogen-bond acceptors (Lipinski definition) is 5. The molecule has 9 heteroatoms. The van der Waals surface area contributed by atoms with Crippen LogP contribution in [0, 0.1) is 0 Å². The highest BCUT2D eigenvalue weighted by Gasteiger charge is 2.23. The Kier molecular flexibility index (Phi) is 5.63. The van der Waals surface area contributed by atoms with Crippen molar-refractivity contribution >= 4 is 44.6 Å². The number of rotatable bonds is 5. The summed E-state index contributed by atoms with van der Waals surface area (Å²) >= 11 is 6.72. The first-order chi connectivity index (χ1) is 12.0. The summed E-state index contributed by atoms with van der Waals surface area (Å²) in [6, 6.07) is 13.0. The van der Waals surface area contributed by atoms with E-state index in [1.807, 2.05) is 30.3 Å². The third kappa shape index (κ3) is 4.52. The molecule has 2 heterocycles. The van der Waals surface area contributed by atoms with Crippen LogP contribution in [-0.4, -0.2) is 51.9 Å². The van der Waals surface area contributed by atoms with E-state index in [1.54, 1.807) is 4.90 Å². The van der Waals surface area contributed by atoms with Crippen LogP contribution in [-0.2, 0) is 14.8 Å². The summed E-state index contributed by atoms with van der Waals surface area (Å²) in [5.41, 5.74) is 1.13. The van der Waals surface area contributed by atoms with Gasteiger partial charge in [-0.3, -0.25) is 4.79 Å². The second kappa shape index (κ2) is 7.74. The van der Waals surface area contributed by atoms with Crippen LogP contribution in [0.15, 0.2) is 46.7 Å². The standard InChI is InChI=1S/C16H18ClN3O3S2/c17-14-6-7-16(24-14)25(22,23)18-12-15(21)20-10-8-19(9-11-20)13-4-2-1-3-5-13/h1-7,18H,8-12H2. The van der Waals surface area contributed by atoms with Gasteiger partial charge in [0.15, 0.2) is 0 Å². The number of thiophene rings is 1. The molecule has 134 valence electrons. The summed E-state index contributed by atoms with van der Waals surface area (Å²) < 4.78 is 27.1. The van der Waals surface area contributed by atoms with Gasteiger partial charge in [-0.1, -0.05) is 29.8 Å². The summed E-state index contributed by atoms with van der Waals surface area (Å²) in [6.07, 6.45) is 0. The molecule has 1 aliphatic rings. The number of nitrogens with zero attached hydrogens (tertiary/aromatic N) is 2. The SMILES string of the molecule is O=C(CNS(=O)(=O)c1ccc(Cl)s1)N1CCN(c2ccccc2)CC1. The Morgan fingerprint density at radius 2 is 1.76 bits per heavy atom. The highest BCUT2D eigenvalue weighted by Crippen LogP contribution is 2.25. The van der Waals surface area contributed by atoms with Crippen molar-refractivity contribution in [1.29, 1.82) is 0 Å². The van der Waals surface area contributed by atoms with Crippen molar-refractivity contribution in [3.63, 3.8) is 0 Å². The molecule has 6 nitrogen and oxygen atoms in total. The third-order valence-corrected chi connectivity index (χ3v) is 7.10. The van der Waals surface area contributed by atoms with Crippen LogP contribution in [0.25, 0.3) is 0 Å². The number of nitrogens with one attached hydrogen (secondary N) is 1. The molecule has 0 bridgehead atoms. The fraction of sp³-hybridized carbons (Fsp3) is 0.312. The molecule has 0 radical (unpaired) electrons. The summed E-state index contributed by atoms with van der Waals surface area (Å²) in [5.74, 6) is -0.223. The van der Waals surface area contributed by atoms with Gasteiger partial charge in [0.05, 0.1) is 10.9 Å². The van der Waals surface area contributed by atoms with Gasteiger partial charge in [0.1, 0.15) is 4.21 Å². The Morgan fingerprint density at radius 1 is 1.08 bits per heavy atom. The fourth-order valence-corrected chi connectivity index (χ4v) is 5.14. The number of para-hydroxylation sites is 1. The molecule has 0 unspecified atom stereocenters. The summed E-state index contributed by atoms with van der Waals surface area (Å²) in [7, 11) is -3.70. The van der Waals surface area contributed by atoms with Crippen LogP contribution in [0.5, 0.6) is 0 Å². The Hall–Kier alpha value is -1.61. The molecule has 1 saturated heterocycles. The first-order valence-corrected chi connectivity index (χ1v) is 10.5. The van der Waals surface area contributed by atoms with E-state index < -0.39 is 10.0 Å². The van der Waals surface area contributed by atoms with Crippen molar-refractivity contribution in [1.82, 2.24) is 9.62 Å². The third-order valence-electron chi connectivity index (χ3n) is 3.98. The molecular weight excluding hydrogens is 382 g/mol. The molecule has 0 aliphatic carbocycles. The molecular formula is C16H18ClN3O3S2. The Labute approximate surface area is 156 Å². The normalized spacial score (nSPS) is 15.4. The maximum atomic E-state index is 12.3. The predicted molar refractivity (Wildman–Crippen MR) is 99.8 cm³/mol. The van der Waals surface area contributed by atoms with E-state index in [9.17, 15) is 13.2 Å². The van der Waals surface area contributed by atoms with Gasteiger partial charge in [-0.25, -0.2) is 13.1 Å². The van der Waals surface area contributed by atoms with Gasteiger partial charge in [-0.15, -0.1) is 11.3 Å². The number of carbonyl (C=O) groups is 1. The molecule has 3 rings (SSSR count). The van der Waals surface area contributed by atoms with Crippen LogP contribution in [0.3, 0.4) is 0 Å². The quantitative estimate of drug-likeness (QED) is 0.835. The van der Waals surface area contributed by atoms with Gasteiger partial charge < -0.3 is 9.80 Å². The minimum atomic E-state index is -3.70. The molecule has 1 aromatic heterocycles. The topological polar surface area (TPSA) is 69.7 Å². The van der Waals surface area contributed by atoms with Crippen LogP contribution in [0.2, 0.25) is 4.34 Å². The number of anilines is 1. The number of carbonyl (C=O) groups excluding carboxylic acids is 1. The van der Waals surface area contributed by atoms with E-state index in [-0.39, 0.29) is 16.7 Å². The molecule has 0 atom stereocenters. The van der Waals surface area contributed by atoms with Crippen LogP contribution in [0.4, 0.5) is 5.69 Å². The van der Waals surface area contributed by atoms with Gasteiger partial charge in [0, 0.05) is 31.9 Å². The van der Waals surface area contributed by atoms with E-state index in [4.69, 9.17) is 11.6 Å². The highest BCUT2D eigenvalue weighted by molar-refractivity contribution is 7.91. The zero-order chi connectivity index (χ0) is 17.9. The van der Waals surface area contributed by atoms with Crippen LogP contribution in [0.1, 0.15) is 0 Å². The number of piperazine rings is 1. The van der Waals surface area contributed by atoms with Gasteiger partial charge in [0.2, 0.25) is 5.91 Å². The van der Waals surface area contributed by atoms with Gasteiger partial charge in [-0.05, 0) is 24.3 Å². The van der Waals surface area contributed by atoms with Crippen molar-refractivity contribution in [2.75, 3.05) is 37.6 Å². The Morgan fingerprint density at radius 3 is 2.36 bits per heavy atom. The fourth-order valence-electron chi connectivity index (χ4n) is 2.63. The number of hydrogen-bond donors (Lipinski definition) is 1. The van der Waals surface area contributed by atoms with E-state index in [0.29, 0.717) is 17.4 Å². The van der Waals surface area contributed by atoms with Gasteiger partial charge in [0.25, 0.3) is 10.0 Å². The molecule has 1 N–H and O–H groups in total. The Bertz CT molecular complexity index is 831. The molecule has 2 aromatic rings. The maximum absolute atomic E-state index is 12.3. The Balaban J connectivity index is 1.51. The molecule has 25 heavy (non-hydrogen) atoms. The smallest absolute Gasteiger partial charge is 0.250 e. The second-order valence-electron chi connectivity index (χ2n) is 5.59. The van der Waals surface area contributed by atoms with E-state index in [1.165, 1.54) is 12.1 Å². The van der Waals surface area contributed by atoms with Gasteiger partial charge >= 0.3 is 0 Å². The number of benzene rings is 1. The average Bonchev–Trinajstić information content (AvgIpc) is 3.08. The molecule has 1 aromatic carbocycles. The van der Waals surface area contributed by atoms with Crippen LogP contribution >= 0.6 is 22.9 Å². The molecule has 1 fully saturated rings. The number of sulfonamides is 1. The summed E-state index contributed by atoms with van der Waals surface area (Å²) in [5, 5.41) is 0. The van der Waals surface area contributed by atoms with E-state index >= 15 is 0 Å². The number of halogens is 1. The lowest BCUT2D eigenvalue weighted by atomic mass is 10.2. The molecule has 0 spiro atoms. The van der Waals surface area contributed by atoms with E-state index in [2.05, 4.69) is 9.62 Å². The first-order valence-electron chi connectivity index (χ1n) is 7.78. The lowest BCUT2D eigenvalue weighted by Gasteiger charge is -2.36. The average molecular weight is 400 g/mol. The van der Waals surface area contributed by atoms with Crippen molar-refractivity contribution in [3.8, 4) is 0 Å². The van der Waals surface area contributed by atoms with Crippen LogP contribution < -0.4 is 9.62 Å². The second-order valence-corrected chi connectivity index (χ2v) is 9.30. The summed E-state index contributed by atoms with van der Waals surface area (Å²) in [4.78, 5) is 16.2. The minimum Gasteiger partial charge on any atom is -0.368 e. The van der Waals surface area contributed by atoms with Gasteiger partial charge in [-0.2, -0.15) is 0 Å². The first kappa shape index (κ1) is 18.2. The lowest BCUT2D eigenvalue weighted by molar-refractivity contribution is -0.130. The lowest BCUT2D eigenvalue weighted by Crippen LogP contribution is -2.51. The molecule has 1 amide bonds. The zero-order valence-electron chi connectivity index (χ0n) is 13.4. The minimum absolute atomic E-state index is 0.110. The molecule has 1 aliphatic heterocycles. The highest BCUT2D eigenvalue weighted by atomic mass is 35.5. The predicted octanol–water partition coefficient (Wildman–Crippen LogP) is 2.03. The largest absolute Gasteiger partial charge is 0.368 e. The monoisotopic (exact) mass is 399 g/mol. The van der Waals surface area contributed by atoms with Crippen molar-refractivity contribution in [2.45, 2.75) is 4.21 Å². The van der Waals surface area contributed by atoms with Crippen molar-refractivity contribution in [3.05, 3.63) is 46.8 Å². The zero-order valence-corrected chi connectivity index (χ0v) is 15.8.